The van der Waals surface area contributed by atoms with E-state index in [4.69, 9.17) is 0 Å². The first kappa shape index (κ1) is 10.1. The van der Waals surface area contributed by atoms with Crippen molar-refractivity contribution in [2.24, 2.45) is 29.1 Å². The van der Waals surface area contributed by atoms with Gasteiger partial charge in [0.25, 0.3) is 0 Å². The van der Waals surface area contributed by atoms with Crippen LogP contribution in [-0.2, 0) is 0 Å². The highest BCUT2D eigenvalue weighted by molar-refractivity contribution is 5.06. The molecule has 4 aliphatic carbocycles. The molecule has 4 aliphatic rings. The van der Waals surface area contributed by atoms with Crippen LogP contribution in [-0.4, -0.2) is 22.9 Å². The summed E-state index contributed by atoms with van der Waals surface area (Å²) in [6.45, 7) is 2.17. The maximum atomic E-state index is 10.1. The molecule has 4 bridgehead atoms. The maximum Gasteiger partial charge on any atom is 0.0829 e. The molecular formula is C13H22O2. The van der Waals surface area contributed by atoms with Gasteiger partial charge in [-0.3, -0.25) is 0 Å². The summed E-state index contributed by atoms with van der Waals surface area (Å²) >= 11 is 0. The zero-order chi connectivity index (χ0) is 10.6. The fraction of sp³-hybridized carbons (Fsp3) is 1.00. The highest BCUT2D eigenvalue weighted by Gasteiger charge is 2.57. The monoisotopic (exact) mass is 210 g/mol. The molecule has 86 valence electrons. The quantitative estimate of drug-likeness (QED) is 0.729. The standard InChI is InChI=1S/C13H22O2/c1-13(12(15)7-14)10-3-8-2-9(5-10)6-11(13)4-8/h8-12,14-15H,2-7H2,1H3. The molecule has 0 aromatic heterocycles. The van der Waals surface area contributed by atoms with E-state index in [1.54, 1.807) is 0 Å². The lowest BCUT2D eigenvalue weighted by Gasteiger charge is -2.61. The van der Waals surface area contributed by atoms with E-state index in [1.165, 1.54) is 32.1 Å². The summed E-state index contributed by atoms with van der Waals surface area (Å²) in [7, 11) is 0. The van der Waals surface area contributed by atoms with E-state index in [1.807, 2.05) is 0 Å². The van der Waals surface area contributed by atoms with Crippen LogP contribution in [0.3, 0.4) is 0 Å². The summed E-state index contributed by atoms with van der Waals surface area (Å²) in [5.74, 6) is 3.23. The lowest BCUT2D eigenvalue weighted by molar-refractivity contribution is -0.165. The molecule has 0 heterocycles. The summed E-state index contributed by atoms with van der Waals surface area (Å²) in [6.07, 6.45) is 6.17. The third-order valence-electron chi connectivity index (χ3n) is 5.79. The maximum absolute atomic E-state index is 10.1. The lowest BCUT2D eigenvalue weighted by atomic mass is 9.44. The summed E-state index contributed by atoms with van der Waals surface area (Å²) in [5.41, 5.74) is 0.0160. The van der Waals surface area contributed by atoms with Crippen LogP contribution in [0, 0.1) is 29.1 Å². The van der Waals surface area contributed by atoms with Gasteiger partial charge >= 0.3 is 0 Å². The van der Waals surface area contributed by atoms with Crippen molar-refractivity contribution < 1.29 is 10.2 Å². The molecule has 0 amide bonds. The minimum absolute atomic E-state index is 0.0160. The average Bonchev–Trinajstić information content (AvgIpc) is 2.23. The third-order valence-corrected chi connectivity index (χ3v) is 5.79. The Hall–Kier alpha value is -0.0800. The van der Waals surface area contributed by atoms with Crippen LogP contribution < -0.4 is 0 Å². The van der Waals surface area contributed by atoms with Gasteiger partial charge in [-0.25, -0.2) is 0 Å². The van der Waals surface area contributed by atoms with Crippen molar-refractivity contribution in [3.63, 3.8) is 0 Å². The van der Waals surface area contributed by atoms with Crippen molar-refractivity contribution in [2.45, 2.75) is 45.1 Å². The second-order valence-electron chi connectivity index (χ2n) is 6.37. The number of rotatable bonds is 2. The molecule has 4 saturated carbocycles. The Kier molecular flexibility index (Phi) is 2.16. The van der Waals surface area contributed by atoms with Crippen molar-refractivity contribution in [3.8, 4) is 0 Å². The van der Waals surface area contributed by atoms with Gasteiger partial charge in [-0.2, -0.15) is 0 Å². The lowest BCUT2D eigenvalue weighted by Crippen LogP contribution is -2.57. The molecule has 1 atom stereocenters. The molecule has 2 heteroatoms. The van der Waals surface area contributed by atoms with E-state index in [-0.39, 0.29) is 12.0 Å². The third kappa shape index (κ3) is 1.24. The number of hydrogen-bond donors (Lipinski definition) is 2. The first-order chi connectivity index (χ1) is 7.14. The molecule has 0 radical (unpaired) electrons. The van der Waals surface area contributed by atoms with Gasteiger partial charge in [0.1, 0.15) is 0 Å². The Bertz CT molecular complexity index is 233. The fourth-order valence-corrected chi connectivity index (χ4v) is 4.94. The normalized spacial score (nSPS) is 54.6. The first-order valence-corrected chi connectivity index (χ1v) is 6.43. The van der Waals surface area contributed by atoms with Crippen LogP contribution in [0.4, 0.5) is 0 Å². The van der Waals surface area contributed by atoms with Crippen molar-refractivity contribution >= 4 is 0 Å². The second-order valence-corrected chi connectivity index (χ2v) is 6.37. The van der Waals surface area contributed by atoms with Crippen molar-refractivity contribution in [1.29, 1.82) is 0 Å². The average molecular weight is 210 g/mol. The first-order valence-electron chi connectivity index (χ1n) is 6.43. The van der Waals surface area contributed by atoms with Crippen molar-refractivity contribution in [1.82, 2.24) is 0 Å². The fourth-order valence-electron chi connectivity index (χ4n) is 4.94. The van der Waals surface area contributed by atoms with Gasteiger partial charge in [0.05, 0.1) is 12.7 Å². The highest BCUT2D eigenvalue weighted by Crippen LogP contribution is 2.63. The van der Waals surface area contributed by atoms with E-state index in [9.17, 15) is 10.2 Å². The zero-order valence-corrected chi connectivity index (χ0v) is 9.52. The van der Waals surface area contributed by atoms with Crippen LogP contribution in [0.15, 0.2) is 0 Å². The van der Waals surface area contributed by atoms with E-state index >= 15 is 0 Å². The van der Waals surface area contributed by atoms with Gasteiger partial charge in [0, 0.05) is 5.41 Å². The van der Waals surface area contributed by atoms with Crippen LogP contribution in [0.25, 0.3) is 0 Å². The Morgan fingerprint density at radius 3 is 1.93 bits per heavy atom. The van der Waals surface area contributed by atoms with Crippen LogP contribution in [0.1, 0.15) is 39.0 Å². The van der Waals surface area contributed by atoms with Gasteiger partial charge in [0.2, 0.25) is 0 Å². The molecule has 0 aromatic carbocycles. The minimum atomic E-state index is -0.493. The van der Waals surface area contributed by atoms with Crippen LogP contribution in [0.5, 0.6) is 0 Å². The number of hydrogen-bond acceptors (Lipinski definition) is 2. The predicted octanol–water partition coefficient (Wildman–Crippen LogP) is 1.80. The van der Waals surface area contributed by atoms with Gasteiger partial charge in [-0.1, -0.05) is 6.92 Å². The SMILES string of the molecule is CC1(C(O)CO)C2CC3CC(C2)CC1C3. The van der Waals surface area contributed by atoms with E-state index < -0.39 is 6.10 Å². The van der Waals surface area contributed by atoms with Gasteiger partial charge in [0.15, 0.2) is 0 Å². The molecule has 0 saturated heterocycles. The molecule has 0 aromatic rings. The number of aliphatic hydroxyl groups excluding tert-OH is 2. The largest absolute Gasteiger partial charge is 0.394 e. The van der Waals surface area contributed by atoms with E-state index in [0.717, 1.165) is 11.8 Å². The Morgan fingerprint density at radius 1 is 1.07 bits per heavy atom. The van der Waals surface area contributed by atoms with Gasteiger partial charge in [-0.05, 0) is 55.8 Å². The molecule has 1 unspecified atom stereocenters. The Labute approximate surface area is 91.7 Å². The zero-order valence-electron chi connectivity index (χ0n) is 9.52. The number of aliphatic hydroxyl groups is 2. The van der Waals surface area contributed by atoms with Gasteiger partial charge < -0.3 is 10.2 Å². The molecule has 0 aliphatic heterocycles. The van der Waals surface area contributed by atoms with E-state index in [0.29, 0.717) is 11.8 Å². The van der Waals surface area contributed by atoms with Crippen LogP contribution >= 0.6 is 0 Å². The summed E-state index contributed by atoms with van der Waals surface area (Å²) < 4.78 is 0. The van der Waals surface area contributed by atoms with E-state index in [2.05, 4.69) is 6.92 Å². The topological polar surface area (TPSA) is 40.5 Å². The minimum Gasteiger partial charge on any atom is -0.394 e. The molecule has 2 N–H and O–H groups in total. The molecular weight excluding hydrogens is 188 g/mol. The van der Waals surface area contributed by atoms with Gasteiger partial charge in [-0.15, -0.1) is 0 Å². The summed E-state index contributed by atoms with van der Waals surface area (Å²) in [4.78, 5) is 0. The second kappa shape index (κ2) is 3.21. The Morgan fingerprint density at radius 2 is 1.53 bits per heavy atom. The van der Waals surface area contributed by atoms with Crippen molar-refractivity contribution in [3.05, 3.63) is 0 Å². The van der Waals surface area contributed by atoms with Crippen LogP contribution in [0.2, 0.25) is 0 Å². The van der Waals surface area contributed by atoms with Crippen molar-refractivity contribution in [2.75, 3.05) is 6.61 Å². The highest BCUT2D eigenvalue weighted by atomic mass is 16.3. The Balaban J connectivity index is 1.91. The molecule has 4 fully saturated rings. The molecule has 15 heavy (non-hydrogen) atoms. The molecule has 4 rings (SSSR count). The molecule has 0 spiro atoms. The predicted molar refractivity (Wildman–Crippen MR) is 58.2 cm³/mol. The molecule has 2 nitrogen and oxygen atoms in total. The summed E-state index contributed by atoms with van der Waals surface area (Å²) in [5, 5.41) is 19.3. The smallest absolute Gasteiger partial charge is 0.0829 e. The summed E-state index contributed by atoms with van der Waals surface area (Å²) in [6, 6.07) is 0.